The highest BCUT2D eigenvalue weighted by Crippen LogP contribution is 2.35. The second-order valence-electron chi connectivity index (χ2n) is 4.92. The first-order valence-electron chi connectivity index (χ1n) is 6.03. The molecule has 0 aliphatic carbocycles. The molecule has 20 heavy (non-hydrogen) atoms. The molecular formula is C13H18N4O3. The van der Waals surface area contributed by atoms with Crippen molar-refractivity contribution in [3.63, 3.8) is 0 Å². The summed E-state index contributed by atoms with van der Waals surface area (Å²) in [6.07, 6.45) is 0. The highest BCUT2D eigenvalue weighted by atomic mass is 16.5. The molecule has 0 radical (unpaired) electrons. The smallest absolute Gasteiger partial charge is 0.243 e. The number of aromatic nitrogens is 2. The minimum atomic E-state index is -1.00. The topological polar surface area (TPSA) is 105 Å². The highest BCUT2D eigenvalue weighted by molar-refractivity contribution is 5.88. The molecule has 0 spiro atoms. The Balaban J connectivity index is 2.80. The predicted molar refractivity (Wildman–Crippen MR) is 75.8 cm³/mol. The van der Waals surface area contributed by atoms with E-state index >= 15 is 0 Å². The zero-order chi connectivity index (χ0) is 15.1. The summed E-state index contributed by atoms with van der Waals surface area (Å²) in [5.41, 5.74) is 11.6. The Kier molecular flexibility index (Phi) is 3.21. The Labute approximate surface area is 116 Å². The van der Waals surface area contributed by atoms with E-state index in [4.69, 9.17) is 20.9 Å². The van der Waals surface area contributed by atoms with Gasteiger partial charge in [-0.1, -0.05) is 0 Å². The van der Waals surface area contributed by atoms with Crippen LogP contribution in [0.3, 0.4) is 0 Å². The van der Waals surface area contributed by atoms with Crippen molar-refractivity contribution in [2.75, 3.05) is 20.0 Å². The lowest BCUT2D eigenvalue weighted by Crippen LogP contribution is -2.41. The molecule has 0 bridgehead atoms. The number of carbonyl (C=O) groups is 1. The van der Waals surface area contributed by atoms with Crippen LogP contribution < -0.4 is 20.9 Å². The van der Waals surface area contributed by atoms with Gasteiger partial charge >= 0.3 is 0 Å². The maximum atomic E-state index is 11.7. The number of ether oxygens (including phenoxy) is 2. The van der Waals surface area contributed by atoms with E-state index in [1.54, 1.807) is 30.5 Å². The lowest BCUT2D eigenvalue weighted by molar-refractivity contribution is -0.124. The summed E-state index contributed by atoms with van der Waals surface area (Å²) in [5, 5.41) is 0. The number of hydrogen-bond acceptors (Lipinski definition) is 5. The number of carbonyl (C=O) groups excluding carboxylic acids is 1. The number of hydrogen-bond donors (Lipinski definition) is 2. The lowest BCUT2D eigenvalue weighted by atomic mass is 10.0. The fourth-order valence-electron chi connectivity index (χ4n) is 2.12. The number of nitrogens with two attached hydrogens (primary N) is 2. The first kappa shape index (κ1) is 14.0. The summed E-state index contributed by atoms with van der Waals surface area (Å²) in [6.45, 7) is 3.37. The number of nitrogen functional groups attached to an aromatic ring is 1. The van der Waals surface area contributed by atoms with Crippen LogP contribution in [0.2, 0.25) is 0 Å². The van der Waals surface area contributed by atoms with Gasteiger partial charge in [-0.15, -0.1) is 0 Å². The van der Waals surface area contributed by atoms with Crippen LogP contribution in [0.4, 0.5) is 5.95 Å². The van der Waals surface area contributed by atoms with Crippen molar-refractivity contribution in [3.05, 3.63) is 12.1 Å². The number of amides is 1. The van der Waals surface area contributed by atoms with Crippen LogP contribution in [0, 0.1) is 0 Å². The Hall–Kier alpha value is -2.44. The zero-order valence-corrected chi connectivity index (χ0v) is 11.9. The van der Waals surface area contributed by atoms with Gasteiger partial charge in [-0.3, -0.25) is 9.36 Å². The Morgan fingerprint density at radius 2 is 1.80 bits per heavy atom. The SMILES string of the molecule is COc1cc2nc(N)n(C(C)(C)C(N)=O)c2cc1OC. The fourth-order valence-corrected chi connectivity index (χ4v) is 2.12. The molecule has 0 aliphatic rings. The minimum absolute atomic E-state index is 0.208. The van der Waals surface area contributed by atoms with Gasteiger partial charge in [0.25, 0.3) is 0 Å². The molecule has 0 saturated heterocycles. The number of nitrogens with zero attached hydrogens (tertiary/aromatic N) is 2. The van der Waals surface area contributed by atoms with Gasteiger partial charge in [0.1, 0.15) is 5.54 Å². The van der Waals surface area contributed by atoms with Crippen LogP contribution in [-0.4, -0.2) is 29.7 Å². The lowest BCUT2D eigenvalue weighted by Gasteiger charge is -2.24. The molecule has 108 valence electrons. The molecule has 0 fully saturated rings. The van der Waals surface area contributed by atoms with Crippen molar-refractivity contribution in [1.29, 1.82) is 0 Å². The Bertz CT molecular complexity index is 676. The monoisotopic (exact) mass is 278 g/mol. The Morgan fingerprint density at radius 3 is 2.30 bits per heavy atom. The summed E-state index contributed by atoms with van der Waals surface area (Å²) in [7, 11) is 3.07. The third kappa shape index (κ3) is 1.91. The average molecular weight is 278 g/mol. The van der Waals surface area contributed by atoms with Gasteiger partial charge in [0, 0.05) is 12.1 Å². The largest absolute Gasteiger partial charge is 0.493 e. The van der Waals surface area contributed by atoms with E-state index in [0.717, 1.165) is 0 Å². The van der Waals surface area contributed by atoms with Gasteiger partial charge in [-0.2, -0.15) is 0 Å². The standard InChI is InChI=1S/C13H18N4O3/c1-13(2,11(14)18)17-8-6-10(20-4)9(19-3)5-7(8)16-12(17)15/h5-6H,1-4H3,(H2,14,18)(H2,15,16). The van der Waals surface area contributed by atoms with E-state index < -0.39 is 11.4 Å². The molecule has 1 heterocycles. The second-order valence-corrected chi connectivity index (χ2v) is 4.92. The summed E-state index contributed by atoms with van der Waals surface area (Å²) in [6, 6.07) is 3.43. The van der Waals surface area contributed by atoms with Crippen molar-refractivity contribution >= 4 is 22.9 Å². The number of rotatable bonds is 4. The van der Waals surface area contributed by atoms with Crippen LogP contribution in [-0.2, 0) is 10.3 Å². The van der Waals surface area contributed by atoms with Gasteiger partial charge < -0.3 is 20.9 Å². The normalized spacial score (nSPS) is 11.6. The number of methoxy groups -OCH3 is 2. The summed E-state index contributed by atoms with van der Waals surface area (Å²) >= 11 is 0. The van der Waals surface area contributed by atoms with Gasteiger partial charge in [-0.05, 0) is 13.8 Å². The van der Waals surface area contributed by atoms with E-state index in [0.29, 0.717) is 22.5 Å². The fraction of sp³-hybridized carbons (Fsp3) is 0.385. The van der Waals surface area contributed by atoms with Crippen molar-refractivity contribution < 1.29 is 14.3 Å². The molecule has 2 aromatic rings. The number of primary amides is 1. The van der Waals surface area contributed by atoms with Crippen LogP contribution in [0.5, 0.6) is 11.5 Å². The number of benzene rings is 1. The molecule has 2 rings (SSSR count). The third-order valence-corrected chi connectivity index (χ3v) is 3.35. The second kappa shape index (κ2) is 4.59. The van der Waals surface area contributed by atoms with Crippen molar-refractivity contribution in [3.8, 4) is 11.5 Å². The third-order valence-electron chi connectivity index (χ3n) is 3.35. The van der Waals surface area contributed by atoms with E-state index in [1.807, 2.05) is 0 Å². The van der Waals surface area contributed by atoms with E-state index in [-0.39, 0.29) is 5.95 Å². The Morgan fingerprint density at radius 1 is 1.25 bits per heavy atom. The van der Waals surface area contributed by atoms with Crippen molar-refractivity contribution in [2.45, 2.75) is 19.4 Å². The zero-order valence-electron chi connectivity index (χ0n) is 11.9. The van der Waals surface area contributed by atoms with Gasteiger partial charge in [0.2, 0.25) is 11.9 Å². The molecule has 0 saturated carbocycles. The quantitative estimate of drug-likeness (QED) is 0.862. The van der Waals surface area contributed by atoms with E-state index in [2.05, 4.69) is 4.98 Å². The number of fused-ring (bicyclic) bond motifs is 1. The van der Waals surface area contributed by atoms with Crippen LogP contribution in [0.1, 0.15) is 13.8 Å². The minimum Gasteiger partial charge on any atom is -0.493 e. The van der Waals surface area contributed by atoms with Crippen molar-refractivity contribution in [2.24, 2.45) is 5.73 Å². The maximum absolute atomic E-state index is 11.7. The van der Waals surface area contributed by atoms with Gasteiger partial charge in [0.05, 0.1) is 25.3 Å². The van der Waals surface area contributed by atoms with Crippen LogP contribution in [0.15, 0.2) is 12.1 Å². The predicted octanol–water partition coefficient (Wildman–Crippen LogP) is 0.856. The number of anilines is 1. The first-order chi connectivity index (χ1) is 9.32. The summed E-state index contributed by atoms with van der Waals surface area (Å²) in [4.78, 5) is 15.9. The van der Waals surface area contributed by atoms with Gasteiger partial charge in [0.15, 0.2) is 11.5 Å². The van der Waals surface area contributed by atoms with Crippen LogP contribution >= 0.6 is 0 Å². The molecule has 1 aromatic heterocycles. The summed E-state index contributed by atoms with van der Waals surface area (Å²) in [5.74, 6) is 0.778. The molecule has 7 heteroatoms. The molecule has 4 N–H and O–H groups in total. The van der Waals surface area contributed by atoms with Gasteiger partial charge in [-0.25, -0.2) is 4.98 Å². The molecule has 1 amide bonds. The molecular weight excluding hydrogens is 260 g/mol. The molecule has 1 aromatic carbocycles. The average Bonchev–Trinajstić information content (AvgIpc) is 2.71. The molecule has 7 nitrogen and oxygen atoms in total. The highest BCUT2D eigenvalue weighted by Gasteiger charge is 2.31. The van der Waals surface area contributed by atoms with Crippen LogP contribution in [0.25, 0.3) is 11.0 Å². The summed E-state index contributed by atoms with van der Waals surface area (Å²) < 4.78 is 12.1. The first-order valence-corrected chi connectivity index (χ1v) is 6.03. The molecule has 0 atom stereocenters. The van der Waals surface area contributed by atoms with Crippen molar-refractivity contribution in [1.82, 2.24) is 9.55 Å². The maximum Gasteiger partial charge on any atom is 0.243 e. The molecule has 0 unspecified atom stereocenters. The number of imidazole rings is 1. The van der Waals surface area contributed by atoms with E-state index in [1.165, 1.54) is 14.2 Å². The van der Waals surface area contributed by atoms with E-state index in [9.17, 15) is 4.79 Å². The molecule has 0 aliphatic heterocycles.